The lowest BCUT2D eigenvalue weighted by atomic mass is 10.1. The zero-order chi connectivity index (χ0) is 15.1. The molecule has 2 aromatic rings. The molecule has 0 fully saturated rings. The molecule has 0 spiro atoms. The van der Waals surface area contributed by atoms with E-state index in [0.717, 1.165) is 37.0 Å². The van der Waals surface area contributed by atoms with Crippen LogP contribution in [0.25, 0.3) is 0 Å². The highest BCUT2D eigenvalue weighted by Crippen LogP contribution is 2.23. The van der Waals surface area contributed by atoms with Crippen molar-refractivity contribution in [2.75, 3.05) is 6.61 Å². The summed E-state index contributed by atoms with van der Waals surface area (Å²) in [6.07, 6.45) is 2.80. The zero-order valence-corrected chi connectivity index (χ0v) is 13.5. The van der Waals surface area contributed by atoms with E-state index in [1.807, 2.05) is 25.1 Å². The predicted molar refractivity (Wildman–Crippen MR) is 85.8 cm³/mol. The van der Waals surface area contributed by atoms with Crippen molar-refractivity contribution in [1.82, 2.24) is 10.2 Å². The smallest absolute Gasteiger partial charge is 0.155 e. The molecular formula is C16H18Cl2N2O. The molecule has 1 aromatic heterocycles. The number of hydrogen-bond acceptors (Lipinski definition) is 3. The summed E-state index contributed by atoms with van der Waals surface area (Å²) in [5.74, 6) is 0. The Balaban J connectivity index is 1.70. The average molecular weight is 325 g/mol. The van der Waals surface area contributed by atoms with Crippen molar-refractivity contribution < 1.29 is 4.74 Å². The fourth-order valence-corrected chi connectivity index (χ4v) is 2.49. The van der Waals surface area contributed by atoms with Crippen molar-refractivity contribution in [2.24, 2.45) is 0 Å². The van der Waals surface area contributed by atoms with Crippen molar-refractivity contribution in [2.45, 2.75) is 32.8 Å². The Labute approximate surface area is 135 Å². The maximum absolute atomic E-state index is 6.06. The molecule has 3 nitrogen and oxygen atoms in total. The quantitative estimate of drug-likeness (QED) is 0.696. The van der Waals surface area contributed by atoms with Crippen LogP contribution in [0.1, 0.15) is 29.5 Å². The minimum Gasteiger partial charge on any atom is -0.377 e. The summed E-state index contributed by atoms with van der Waals surface area (Å²) in [7, 11) is 0. The van der Waals surface area contributed by atoms with Gasteiger partial charge in [0.2, 0.25) is 0 Å². The summed E-state index contributed by atoms with van der Waals surface area (Å²) in [4.78, 5) is 0. The maximum atomic E-state index is 6.06. The third-order valence-electron chi connectivity index (χ3n) is 3.31. The summed E-state index contributed by atoms with van der Waals surface area (Å²) in [6.45, 7) is 3.31. The van der Waals surface area contributed by atoms with Gasteiger partial charge in [-0.2, -0.15) is 0 Å². The summed E-state index contributed by atoms with van der Waals surface area (Å²) in [6, 6.07) is 10.2. The molecule has 0 saturated carbocycles. The molecule has 112 valence electrons. The minimum absolute atomic E-state index is 0.426. The molecule has 0 N–H and O–H groups in total. The van der Waals surface area contributed by atoms with Gasteiger partial charge < -0.3 is 4.74 Å². The van der Waals surface area contributed by atoms with Crippen LogP contribution in [-0.2, 0) is 17.8 Å². The molecule has 0 aliphatic carbocycles. The Morgan fingerprint density at radius 3 is 2.48 bits per heavy atom. The van der Waals surface area contributed by atoms with Gasteiger partial charge in [0.15, 0.2) is 10.3 Å². The van der Waals surface area contributed by atoms with Crippen molar-refractivity contribution in [3.8, 4) is 0 Å². The predicted octanol–water partition coefficient (Wildman–Crippen LogP) is 4.63. The van der Waals surface area contributed by atoms with E-state index < -0.39 is 0 Å². The van der Waals surface area contributed by atoms with E-state index in [-0.39, 0.29) is 0 Å². The van der Waals surface area contributed by atoms with E-state index in [1.54, 1.807) is 0 Å². The van der Waals surface area contributed by atoms with E-state index in [0.29, 0.717) is 16.9 Å². The second-order valence-electron chi connectivity index (χ2n) is 4.88. The number of halogens is 2. The molecule has 0 bridgehead atoms. The molecule has 1 heterocycles. The number of ether oxygens (including phenoxy) is 1. The highest BCUT2D eigenvalue weighted by atomic mass is 35.5. The number of benzene rings is 1. The van der Waals surface area contributed by atoms with Crippen molar-refractivity contribution in [3.63, 3.8) is 0 Å². The summed E-state index contributed by atoms with van der Waals surface area (Å²) in [5.41, 5.74) is 3.10. The van der Waals surface area contributed by atoms with Crippen LogP contribution in [0.3, 0.4) is 0 Å². The molecule has 0 saturated heterocycles. The Kier molecular flexibility index (Phi) is 6.43. The van der Waals surface area contributed by atoms with Crippen molar-refractivity contribution in [1.29, 1.82) is 0 Å². The van der Waals surface area contributed by atoms with E-state index in [1.165, 1.54) is 5.56 Å². The lowest BCUT2D eigenvalue weighted by Gasteiger charge is -2.08. The van der Waals surface area contributed by atoms with Gasteiger partial charge in [-0.15, -0.1) is 10.2 Å². The lowest BCUT2D eigenvalue weighted by Crippen LogP contribution is -2.00. The first-order chi connectivity index (χ1) is 10.2. The first-order valence-electron chi connectivity index (χ1n) is 6.97. The van der Waals surface area contributed by atoms with Crippen LogP contribution in [-0.4, -0.2) is 16.8 Å². The van der Waals surface area contributed by atoms with Gasteiger partial charge in [0.25, 0.3) is 0 Å². The molecule has 0 aliphatic rings. The van der Waals surface area contributed by atoms with Gasteiger partial charge in [-0.3, -0.25) is 0 Å². The van der Waals surface area contributed by atoms with Crippen LogP contribution in [0.4, 0.5) is 0 Å². The van der Waals surface area contributed by atoms with Crippen LogP contribution in [0.2, 0.25) is 10.3 Å². The first kappa shape index (κ1) is 16.2. The van der Waals surface area contributed by atoms with Gasteiger partial charge in [0.05, 0.1) is 6.61 Å². The SMILES string of the molecule is Cc1c(Cl)nnc(Cl)c1CCCCOCc1ccccc1. The average Bonchev–Trinajstić information content (AvgIpc) is 2.51. The van der Waals surface area contributed by atoms with Gasteiger partial charge in [-0.1, -0.05) is 53.5 Å². The molecule has 1 aromatic carbocycles. The Hall–Kier alpha value is -1.16. The number of hydrogen-bond donors (Lipinski definition) is 0. The third-order valence-corrected chi connectivity index (χ3v) is 3.98. The fraction of sp³-hybridized carbons (Fsp3) is 0.375. The van der Waals surface area contributed by atoms with Crippen LogP contribution >= 0.6 is 23.2 Å². The Morgan fingerprint density at radius 1 is 1.00 bits per heavy atom. The van der Waals surface area contributed by atoms with Gasteiger partial charge >= 0.3 is 0 Å². The van der Waals surface area contributed by atoms with Crippen molar-refractivity contribution >= 4 is 23.2 Å². The lowest BCUT2D eigenvalue weighted by molar-refractivity contribution is 0.117. The van der Waals surface area contributed by atoms with Gasteiger partial charge in [0.1, 0.15) is 0 Å². The van der Waals surface area contributed by atoms with Gasteiger partial charge in [0, 0.05) is 6.61 Å². The molecule has 0 radical (unpaired) electrons. The standard InChI is InChI=1S/C16H18Cl2N2O/c1-12-14(16(18)20-19-15(12)17)9-5-6-10-21-11-13-7-3-2-4-8-13/h2-4,7-8H,5-6,9-11H2,1H3. The van der Waals surface area contributed by atoms with Crippen LogP contribution in [0, 0.1) is 6.92 Å². The van der Waals surface area contributed by atoms with E-state index in [2.05, 4.69) is 22.3 Å². The molecule has 0 aliphatic heterocycles. The zero-order valence-electron chi connectivity index (χ0n) is 12.0. The first-order valence-corrected chi connectivity index (χ1v) is 7.73. The van der Waals surface area contributed by atoms with Crippen LogP contribution < -0.4 is 0 Å². The summed E-state index contributed by atoms with van der Waals surface area (Å²) in [5, 5.41) is 8.51. The van der Waals surface area contributed by atoms with E-state index in [9.17, 15) is 0 Å². The van der Waals surface area contributed by atoms with E-state index in [4.69, 9.17) is 27.9 Å². The Morgan fingerprint density at radius 2 is 1.71 bits per heavy atom. The van der Waals surface area contributed by atoms with E-state index >= 15 is 0 Å². The molecule has 5 heteroatoms. The van der Waals surface area contributed by atoms with Gasteiger partial charge in [-0.05, 0) is 42.9 Å². The van der Waals surface area contributed by atoms with Gasteiger partial charge in [-0.25, -0.2) is 0 Å². The number of unbranched alkanes of at least 4 members (excludes halogenated alkanes) is 1. The summed E-state index contributed by atoms with van der Waals surface area (Å²) < 4.78 is 5.65. The Bertz CT molecular complexity index is 576. The molecule has 0 amide bonds. The molecular weight excluding hydrogens is 307 g/mol. The highest BCUT2D eigenvalue weighted by molar-refractivity contribution is 6.32. The van der Waals surface area contributed by atoms with Crippen LogP contribution in [0.5, 0.6) is 0 Å². The molecule has 2 rings (SSSR count). The monoisotopic (exact) mass is 324 g/mol. The topological polar surface area (TPSA) is 35.0 Å². The fourth-order valence-electron chi connectivity index (χ4n) is 2.06. The molecule has 0 unspecified atom stereocenters. The van der Waals surface area contributed by atoms with Crippen molar-refractivity contribution in [3.05, 3.63) is 57.3 Å². The second kappa shape index (κ2) is 8.32. The minimum atomic E-state index is 0.426. The largest absolute Gasteiger partial charge is 0.377 e. The summed E-state index contributed by atoms with van der Waals surface area (Å²) >= 11 is 12.0. The molecule has 0 atom stereocenters. The number of aromatic nitrogens is 2. The molecule has 21 heavy (non-hydrogen) atoms. The second-order valence-corrected chi connectivity index (χ2v) is 5.60. The normalized spacial score (nSPS) is 10.8. The number of nitrogens with zero attached hydrogens (tertiary/aromatic N) is 2. The third kappa shape index (κ3) is 4.95. The maximum Gasteiger partial charge on any atom is 0.155 e. The number of rotatable bonds is 7. The van der Waals surface area contributed by atoms with Crippen LogP contribution in [0.15, 0.2) is 30.3 Å². The highest BCUT2D eigenvalue weighted by Gasteiger charge is 2.09.